The van der Waals surface area contributed by atoms with E-state index < -0.39 is 26.7 Å². The highest BCUT2D eigenvalue weighted by molar-refractivity contribution is 7.89. The van der Waals surface area contributed by atoms with Crippen LogP contribution in [-0.2, 0) is 10.0 Å². The number of nitrogens with zero attached hydrogens (tertiary/aromatic N) is 1. The molecule has 0 aromatic heterocycles. The third-order valence-corrected chi connectivity index (χ3v) is 5.28. The van der Waals surface area contributed by atoms with E-state index >= 15 is 0 Å². The maximum absolute atomic E-state index is 13.9. The van der Waals surface area contributed by atoms with Gasteiger partial charge in [-0.3, -0.25) is 0 Å². The summed E-state index contributed by atoms with van der Waals surface area (Å²) in [6.45, 7) is 2.35. The van der Waals surface area contributed by atoms with Crippen molar-refractivity contribution in [2.75, 3.05) is 13.1 Å². The zero-order valence-corrected chi connectivity index (χ0v) is 11.9. The van der Waals surface area contributed by atoms with Crippen LogP contribution in [0.15, 0.2) is 23.1 Å². The minimum atomic E-state index is -3.91. The molecule has 1 aromatic carbocycles. The van der Waals surface area contributed by atoms with E-state index in [1.807, 2.05) is 0 Å². The molecule has 5 nitrogen and oxygen atoms in total. The first kappa shape index (κ1) is 14.9. The lowest BCUT2D eigenvalue weighted by atomic mass is 10.2. The minimum Gasteiger partial charge on any atom is -0.478 e. The van der Waals surface area contributed by atoms with Crippen molar-refractivity contribution in [2.24, 2.45) is 5.92 Å². The van der Waals surface area contributed by atoms with E-state index in [0.29, 0.717) is 12.5 Å². The molecule has 20 heavy (non-hydrogen) atoms. The average molecular weight is 301 g/mol. The van der Waals surface area contributed by atoms with Gasteiger partial charge in [-0.15, -0.1) is 0 Å². The van der Waals surface area contributed by atoms with Crippen LogP contribution < -0.4 is 0 Å². The van der Waals surface area contributed by atoms with Gasteiger partial charge in [-0.1, -0.05) is 6.92 Å². The Bertz CT molecular complexity index is 625. The number of rotatable bonds is 6. The van der Waals surface area contributed by atoms with Gasteiger partial charge in [0.05, 0.1) is 5.56 Å². The zero-order valence-electron chi connectivity index (χ0n) is 11.0. The molecule has 0 amide bonds. The van der Waals surface area contributed by atoms with Crippen molar-refractivity contribution >= 4 is 16.0 Å². The molecule has 1 aliphatic carbocycles. The Kier molecular flexibility index (Phi) is 4.10. The van der Waals surface area contributed by atoms with E-state index in [1.54, 1.807) is 6.92 Å². The molecule has 0 bridgehead atoms. The van der Waals surface area contributed by atoms with Crippen LogP contribution in [0.1, 0.15) is 30.1 Å². The Balaban J connectivity index is 2.34. The molecule has 0 aliphatic heterocycles. The van der Waals surface area contributed by atoms with Gasteiger partial charge < -0.3 is 5.11 Å². The highest BCUT2D eigenvalue weighted by Gasteiger charge is 2.32. The second kappa shape index (κ2) is 5.49. The maximum atomic E-state index is 13.9. The Labute approximate surface area is 117 Å². The number of hydrogen-bond acceptors (Lipinski definition) is 3. The topological polar surface area (TPSA) is 74.7 Å². The van der Waals surface area contributed by atoms with Crippen LogP contribution in [0, 0.1) is 11.7 Å². The van der Waals surface area contributed by atoms with Crippen molar-refractivity contribution in [1.29, 1.82) is 0 Å². The SMILES string of the molecule is CCN(CC1CC1)S(=O)(=O)c1ccc(C(=O)O)cc1F. The van der Waals surface area contributed by atoms with Gasteiger partial charge in [-0.25, -0.2) is 17.6 Å². The molecule has 110 valence electrons. The van der Waals surface area contributed by atoms with Crippen LogP contribution >= 0.6 is 0 Å². The lowest BCUT2D eigenvalue weighted by Gasteiger charge is -2.20. The number of aromatic carboxylic acids is 1. The van der Waals surface area contributed by atoms with Crippen molar-refractivity contribution in [1.82, 2.24) is 4.31 Å². The molecule has 0 unspecified atom stereocenters. The summed E-state index contributed by atoms with van der Waals surface area (Å²) in [4.78, 5) is 10.3. The molecule has 1 saturated carbocycles. The van der Waals surface area contributed by atoms with Gasteiger partial charge in [0.2, 0.25) is 10.0 Å². The third kappa shape index (κ3) is 2.99. The van der Waals surface area contributed by atoms with Crippen molar-refractivity contribution in [3.05, 3.63) is 29.6 Å². The number of sulfonamides is 1. The van der Waals surface area contributed by atoms with E-state index in [9.17, 15) is 17.6 Å². The van der Waals surface area contributed by atoms with Gasteiger partial charge in [0, 0.05) is 13.1 Å². The summed E-state index contributed by atoms with van der Waals surface area (Å²) >= 11 is 0. The predicted octanol–water partition coefficient (Wildman–Crippen LogP) is 1.94. The van der Waals surface area contributed by atoms with Gasteiger partial charge in [-0.2, -0.15) is 4.31 Å². The number of carboxylic acid groups (broad SMARTS) is 1. The molecule has 1 aromatic rings. The normalized spacial score (nSPS) is 15.6. The quantitative estimate of drug-likeness (QED) is 0.871. The molecule has 1 N–H and O–H groups in total. The second-order valence-electron chi connectivity index (χ2n) is 4.85. The summed E-state index contributed by atoms with van der Waals surface area (Å²) in [6.07, 6.45) is 1.99. The lowest BCUT2D eigenvalue weighted by Crippen LogP contribution is -2.33. The van der Waals surface area contributed by atoms with E-state index in [2.05, 4.69) is 0 Å². The van der Waals surface area contributed by atoms with Crippen molar-refractivity contribution in [2.45, 2.75) is 24.7 Å². The molecule has 0 radical (unpaired) electrons. The maximum Gasteiger partial charge on any atom is 0.335 e. The fraction of sp³-hybridized carbons (Fsp3) is 0.462. The van der Waals surface area contributed by atoms with Crippen LogP contribution in [0.5, 0.6) is 0 Å². The predicted molar refractivity (Wildman–Crippen MR) is 70.5 cm³/mol. The second-order valence-corrected chi connectivity index (χ2v) is 6.76. The Morgan fingerprint density at radius 3 is 2.55 bits per heavy atom. The van der Waals surface area contributed by atoms with E-state index in [-0.39, 0.29) is 12.1 Å². The van der Waals surface area contributed by atoms with Crippen molar-refractivity contribution < 1.29 is 22.7 Å². The standard InChI is InChI=1S/C13H16FNO4S/c1-2-15(8-9-3-4-9)20(18,19)12-6-5-10(13(16)17)7-11(12)14/h5-7,9H,2-4,8H2,1H3,(H,16,17). The lowest BCUT2D eigenvalue weighted by molar-refractivity contribution is 0.0696. The highest BCUT2D eigenvalue weighted by atomic mass is 32.2. The van der Waals surface area contributed by atoms with Gasteiger partial charge in [0.1, 0.15) is 10.7 Å². The third-order valence-electron chi connectivity index (χ3n) is 3.31. The van der Waals surface area contributed by atoms with Crippen molar-refractivity contribution in [3.63, 3.8) is 0 Å². The number of carbonyl (C=O) groups is 1. The first-order valence-electron chi connectivity index (χ1n) is 6.39. The summed E-state index contributed by atoms with van der Waals surface area (Å²) in [6, 6.07) is 2.85. The van der Waals surface area contributed by atoms with Crippen LogP contribution in [0.25, 0.3) is 0 Å². The Morgan fingerprint density at radius 1 is 1.45 bits per heavy atom. The number of hydrogen-bond donors (Lipinski definition) is 1. The van der Waals surface area contributed by atoms with Crippen molar-refractivity contribution in [3.8, 4) is 0 Å². The Hall–Kier alpha value is -1.47. The van der Waals surface area contributed by atoms with E-state index in [0.717, 1.165) is 31.0 Å². The molecule has 1 fully saturated rings. The number of halogens is 1. The summed E-state index contributed by atoms with van der Waals surface area (Å²) < 4.78 is 39.9. The van der Waals surface area contributed by atoms with Crippen LogP contribution in [-0.4, -0.2) is 36.9 Å². The summed E-state index contributed by atoms with van der Waals surface area (Å²) in [5.74, 6) is -1.97. The van der Waals surface area contributed by atoms with E-state index in [4.69, 9.17) is 5.11 Å². The fourth-order valence-electron chi connectivity index (χ4n) is 1.97. The molecule has 0 spiro atoms. The molecule has 0 saturated heterocycles. The molecule has 7 heteroatoms. The minimum absolute atomic E-state index is 0.263. The van der Waals surface area contributed by atoms with Gasteiger partial charge in [-0.05, 0) is 37.0 Å². The molecule has 2 rings (SSSR count). The summed E-state index contributed by atoms with van der Waals surface area (Å²) in [7, 11) is -3.91. The Morgan fingerprint density at radius 2 is 2.10 bits per heavy atom. The van der Waals surface area contributed by atoms with Gasteiger partial charge in [0.15, 0.2) is 0 Å². The van der Waals surface area contributed by atoms with Crippen LogP contribution in [0.3, 0.4) is 0 Å². The zero-order chi connectivity index (χ0) is 14.9. The monoisotopic (exact) mass is 301 g/mol. The van der Waals surface area contributed by atoms with Crippen LogP contribution in [0.4, 0.5) is 4.39 Å². The molecular formula is C13H16FNO4S. The smallest absolute Gasteiger partial charge is 0.335 e. The molecular weight excluding hydrogens is 285 g/mol. The fourth-order valence-corrected chi connectivity index (χ4v) is 3.54. The van der Waals surface area contributed by atoms with Crippen LogP contribution in [0.2, 0.25) is 0 Å². The van der Waals surface area contributed by atoms with Gasteiger partial charge >= 0.3 is 5.97 Å². The molecule has 0 atom stereocenters. The molecule has 1 aliphatic rings. The first-order chi connectivity index (χ1) is 9.36. The molecule has 0 heterocycles. The first-order valence-corrected chi connectivity index (χ1v) is 7.83. The summed E-state index contributed by atoms with van der Waals surface area (Å²) in [5.41, 5.74) is -0.272. The summed E-state index contributed by atoms with van der Waals surface area (Å²) in [5, 5.41) is 8.76. The van der Waals surface area contributed by atoms with Gasteiger partial charge in [0.25, 0.3) is 0 Å². The number of benzene rings is 1. The number of carboxylic acids is 1. The highest BCUT2D eigenvalue weighted by Crippen LogP contribution is 2.32. The largest absolute Gasteiger partial charge is 0.478 e. The van der Waals surface area contributed by atoms with E-state index in [1.165, 1.54) is 4.31 Å². The average Bonchev–Trinajstić information content (AvgIpc) is 3.19.